The molecule has 27 heavy (non-hydrogen) atoms. The van der Waals surface area contributed by atoms with E-state index >= 15 is 0 Å². The second kappa shape index (κ2) is 8.96. The van der Waals surface area contributed by atoms with Crippen molar-refractivity contribution in [3.63, 3.8) is 0 Å². The Kier molecular flexibility index (Phi) is 6.40. The van der Waals surface area contributed by atoms with Crippen LogP contribution in [0.4, 0.5) is 5.69 Å². The number of hydrogen-bond acceptors (Lipinski definition) is 3. The average Bonchev–Trinajstić information content (AvgIpc) is 2.68. The highest BCUT2D eigenvalue weighted by Gasteiger charge is 2.12. The highest BCUT2D eigenvalue weighted by molar-refractivity contribution is 9.10. The largest absolute Gasteiger partial charge is 0.493 e. The first-order chi connectivity index (χ1) is 13.1. The summed E-state index contributed by atoms with van der Waals surface area (Å²) in [6, 6.07) is 20.5. The van der Waals surface area contributed by atoms with Gasteiger partial charge in [-0.3, -0.25) is 0 Å². The van der Waals surface area contributed by atoms with Gasteiger partial charge in [0.25, 0.3) is 0 Å². The predicted octanol–water partition coefficient (Wildman–Crippen LogP) is 6.27. The second-order valence-electron chi connectivity index (χ2n) is 6.48. The monoisotopic (exact) mass is 425 g/mol. The highest BCUT2D eigenvalue weighted by atomic mass is 79.9. The molecular formula is C23H24BrNO2. The number of methoxy groups -OCH3 is 1. The van der Waals surface area contributed by atoms with Crippen molar-refractivity contribution < 1.29 is 9.47 Å². The summed E-state index contributed by atoms with van der Waals surface area (Å²) in [4.78, 5) is 0. The molecule has 140 valence electrons. The van der Waals surface area contributed by atoms with E-state index in [0.29, 0.717) is 13.2 Å². The summed E-state index contributed by atoms with van der Waals surface area (Å²) in [6.45, 7) is 5.46. The number of benzene rings is 3. The number of nitrogens with one attached hydrogen (secondary N) is 1. The van der Waals surface area contributed by atoms with Gasteiger partial charge < -0.3 is 14.8 Å². The van der Waals surface area contributed by atoms with Gasteiger partial charge in [0.2, 0.25) is 0 Å². The van der Waals surface area contributed by atoms with E-state index in [-0.39, 0.29) is 0 Å². The maximum absolute atomic E-state index is 6.01. The molecule has 0 atom stereocenters. The lowest BCUT2D eigenvalue weighted by Gasteiger charge is -2.16. The van der Waals surface area contributed by atoms with Crippen molar-refractivity contribution in [2.45, 2.75) is 27.0 Å². The zero-order valence-electron chi connectivity index (χ0n) is 15.9. The maximum atomic E-state index is 6.01. The molecule has 1 N–H and O–H groups in total. The van der Waals surface area contributed by atoms with Crippen LogP contribution in [-0.4, -0.2) is 7.11 Å². The Morgan fingerprint density at radius 1 is 0.926 bits per heavy atom. The van der Waals surface area contributed by atoms with E-state index in [0.717, 1.165) is 32.8 Å². The lowest BCUT2D eigenvalue weighted by Crippen LogP contribution is -2.04. The van der Waals surface area contributed by atoms with Crippen molar-refractivity contribution in [3.05, 3.63) is 87.4 Å². The molecule has 0 spiro atoms. The van der Waals surface area contributed by atoms with E-state index < -0.39 is 0 Å². The minimum atomic E-state index is 0.496. The first kappa shape index (κ1) is 19.3. The first-order valence-corrected chi connectivity index (χ1v) is 9.71. The number of anilines is 1. The van der Waals surface area contributed by atoms with Crippen molar-refractivity contribution in [2.24, 2.45) is 0 Å². The van der Waals surface area contributed by atoms with Gasteiger partial charge >= 0.3 is 0 Å². The fraction of sp³-hybridized carbons (Fsp3) is 0.217. The molecule has 0 aliphatic heterocycles. The SMILES string of the molecule is COc1cc(CNc2cccc(C)c2C)cc(Br)c1OCc1ccccc1. The summed E-state index contributed by atoms with van der Waals surface area (Å²) in [5.74, 6) is 1.44. The van der Waals surface area contributed by atoms with Crippen molar-refractivity contribution in [3.8, 4) is 11.5 Å². The topological polar surface area (TPSA) is 30.5 Å². The molecule has 0 amide bonds. The third-order valence-electron chi connectivity index (χ3n) is 4.60. The molecule has 0 aliphatic carbocycles. The molecule has 0 fully saturated rings. The number of ether oxygens (including phenoxy) is 2. The van der Waals surface area contributed by atoms with Gasteiger partial charge in [-0.15, -0.1) is 0 Å². The van der Waals surface area contributed by atoms with Crippen LogP contribution in [0.3, 0.4) is 0 Å². The molecule has 0 saturated carbocycles. The zero-order valence-corrected chi connectivity index (χ0v) is 17.5. The van der Waals surface area contributed by atoms with E-state index in [1.807, 2.05) is 36.4 Å². The first-order valence-electron chi connectivity index (χ1n) is 8.91. The van der Waals surface area contributed by atoms with Crippen LogP contribution in [0.2, 0.25) is 0 Å². The number of rotatable bonds is 7. The minimum Gasteiger partial charge on any atom is -0.493 e. The van der Waals surface area contributed by atoms with E-state index in [1.54, 1.807) is 7.11 Å². The Hall–Kier alpha value is -2.46. The molecule has 3 nitrogen and oxygen atoms in total. The van der Waals surface area contributed by atoms with Crippen molar-refractivity contribution in [2.75, 3.05) is 12.4 Å². The summed E-state index contributed by atoms with van der Waals surface area (Å²) >= 11 is 3.63. The van der Waals surface area contributed by atoms with Crippen LogP contribution in [0.25, 0.3) is 0 Å². The molecule has 0 unspecified atom stereocenters. The zero-order chi connectivity index (χ0) is 19.2. The van der Waals surface area contributed by atoms with Crippen molar-refractivity contribution >= 4 is 21.6 Å². The Bertz CT molecular complexity index is 910. The average molecular weight is 426 g/mol. The molecule has 0 saturated heterocycles. The van der Waals surface area contributed by atoms with E-state index in [2.05, 4.69) is 59.4 Å². The molecule has 0 bridgehead atoms. The van der Waals surface area contributed by atoms with Gasteiger partial charge in [-0.2, -0.15) is 0 Å². The molecule has 3 aromatic rings. The van der Waals surface area contributed by atoms with Crippen LogP contribution in [0, 0.1) is 13.8 Å². The predicted molar refractivity (Wildman–Crippen MR) is 115 cm³/mol. The Morgan fingerprint density at radius 3 is 2.44 bits per heavy atom. The summed E-state index contributed by atoms with van der Waals surface area (Å²) in [5, 5.41) is 3.51. The van der Waals surface area contributed by atoms with Crippen LogP contribution in [0.15, 0.2) is 65.1 Å². The van der Waals surface area contributed by atoms with E-state index in [9.17, 15) is 0 Å². The van der Waals surface area contributed by atoms with Crippen LogP contribution in [0.5, 0.6) is 11.5 Å². The third-order valence-corrected chi connectivity index (χ3v) is 5.19. The van der Waals surface area contributed by atoms with Crippen LogP contribution in [-0.2, 0) is 13.2 Å². The molecular weight excluding hydrogens is 402 g/mol. The van der Waals surface area contributed by atoms with Crippen LogP contribution < -0.4 is 14.8 Å². The minimum absolute atomic E-state index is 0.496. The van der Waals surface area contributed by atoms with Crippen molar-refractivity contribution in [1.82, 2.24) is 0 Å². The van der Waals surface area contributed by atoms with Crippen molar-refractivity contribution in [1.29, 1.82) is 0 Å². The van der Waals surface area contributed by atoms with Gasteiger partial charge in [-0.05, 0) is 70.2 Å². The second-order valence-corrected chi connectivity index (χ2v) is 7.34. The van der Waals surface area contributed by atoms with E-state index in [4.69, 9.17) is 9.47 Å². The maximum Gasteiger partial charge on any atom is 0.175 e. The summed E-state index contributed by atoms with van der Waals surface area (Å²) < 4.78 is 12.5. The molecule has 0 aliphatic rings. The smallest absolute Gasteiger partial charge is 0.175 e. The van der Waals surface area contributed by atoms with E-state index in [1.165, 1.54) is 11.1 Å². The van der Waals surface area contributed by atoms with Gasteiger partial charge in [0, 0.05) is 12.2 Å². The Labute approximate surface area is 169 Å². The summed E-state index contributed by atoms with van der Waals surface area (Å²) in [5.41, 5.74) is 5.93. The lowest BCUT2D eigenvalue weighted by molar-refractivity contribution is 0.282. The Balaban J connectivity index is 1.74. The van der Waals surface area contributed by atoms with Gasteiger partial charge in [0.05, 0.1) is 11.6 Å². The molecule has 3 rings (SSSR count). The van der Waals surface area contributed by atoms with Crippen LogP contribution in [0.1, 0.15) is 22.3 Å². The van der Waals surface area contributed by atoms with Gasteiger partial charge in [0.15, 0.2) is 11.5 Å². The Morgan fingerprint density at radius 2 is 1.70 bits per heavy atom. The number of halogens is 1. The lowest BCUT2D eigenvalue weighted by atomic mass is 10.1. The molecule has 0 aromatic heterocycles. The number of aryl methyl sites for hydroxylation is 1. The normalized spacial score (nSPS) is 10.5. The van der Waals surface area contributed by atoms with Gasteiger partial charge in [-0.25, -0.2) is 0 Å². The standard InChI is InChI=1S/C23H24BrNO2/c1-16-8-7-11-21(17(16)2)25-14-19-12-20(24)23(22(13-19)26-3)27-15-18-9-5-4-6-10-18/h4-13,25H,14-15H2,1-3H3. The van der Waals surface area contributed by atoms with Gasteiger partial charge in [0.1, 0.15) is 6.61 Å². The molecule has 3 aromatic carbocycles. The fourth-order valence-electron chi connectivity index (χ4n) is 2.88. The highest BCUT2D eigenvalue weighted by Crippen LogP contribution is 2.37. The fourth-order valence-corrected chi connectivity index (χ4v) is 3.49. The van der Waals surface area contributed by atoms with Gasteiger partial charge in [-0.1, -0.05) is 42.5 Å². The molecule has 4 heteroatoms. The molecule has 0 heterocycles. The quantitative estimate of drug-likeness (QED) is 0.483. The summed E-state index contributed by atoms with van der Waals surface area (Å²) in [7, 11) is 1.67. The number of hydrogen-bond donors (Lipinski definition) is 1. The molecule has 0 radical (unpaired) electrons. The summed E-state index contributed by atoms with van der Waals surface area (Å²) in [6.07, 6.45) is 0. The third kappa shape index (κ3) is 4.83. The van der Waals surface area contributed by atoms with Crippen LogP contribution >= 0.6 is 15.9 Å².